The number of hydrogen-bond acceptors (Lipinski definition) is 2. The maximum absolute atomic E-state index is 13.2. The lowest BCUT2D eigenvalue weighted by atomic mass is 10.1. The normalized spacial score (nSPS) is 12.2. The Bertz CT molecular complexity index is 404. The Morgan fingerprint density at radius 3 is 2.47 bits per heavy atom. The lowest BCUT2D eigenvalue weighted by Crippen LogP contribution is -2.22. The molecule has 0 heterocycles. The van der Waals surface area contributed by atoms with Crippen LogP contribution in [0.4, 0.5) is 17.6 Å². The van der Waals surface area contributed by atoms with Crippen molar-refractivity contribution < 1.29 is 17.6 Å². The van der Waals surface area contributed by atoms with Crippen LogP contribution in [0.3, 0.4) is 0 Å². The van der Waals surface area contributed by atoms with Crippen LogP contribution in [-0.2, 0) is 12.7 Å². The smallest absolute Gasteiger partial charge is 0.320 e. The lowest BCUT2D eigenvalue weighted by Gasteiger charge is -2.17. The second-order valence-corrected chi connectivity index (χ2v) is 4.54. The van der Waals surface area contributed by atoms with E-state index in [1.807, 2.05) is 11.9 Å². The van der Waals surface area contributed by atoms with Crippen molar-refractivity contribution in [3.8, 4) is 0 Å². The SMILES string of the molecule is CNCCCN(C)Cc1cc(F)cc(C(F)(F)F)c1. The molecule has 0 spiro atoms. The van der Waals surface area contributed by atoms with Crippen LogP contribution in [0.2, 0.25) is 0 Å². The van der Waals surface area contributed by atoms with Gasteiger partial charge >= 0.3 is 6.18 Å². The molecule has 1 aromatic carbocycles. The van der Waals surface area contributed by atoms with Gasteiger partial charge in [0.2, 0.25) is 0 Å². The average Bonchev–Trinajstić information content (AvgIpc) is 2.27. The van der Waals surface area contributed by atoms with Crippen molar-refractivity contribution >= 4 is 0 Å². The molecule has 19 heavy (non-hydrogen) atoms. The largest absolute Gasteiger partial charge is 0.416 e. The molecule has 0 amide bonds. The molecule has 0 unspecified atom stereocenters. The highest BCUT2D eigenvalue weighted by Crippen LogP contribution is 2.30. The van der Waals surface area contributed by atoms with E-state index in [4.69, 9.17) is 0 Å². The van der Waals surface area contributed by atoms with Gasteiger partial charge in [-0.15, -0.1) is 0 Å². The van der Waals surface area contributed by atoms with Gasteiger partial charge in [0.1, 0.15) is 5.82 Å². The molecule has 0 radical (unpaired) electrons. The van der Waals surface area contributed by atoms with E-state index in [-0.39, 0.29) is 0 Å². The molecule has 1 aromatic rings. The van der Waals surface area contributed by atoms with Gasteiger partial charge in [-0.3, -0.25) is 0 Å². The predicted molar refractivity (Wildman–Crippen MR) is 66.3 cm³/mol. The standard InChI is InChI=1S/C13H18F4N2/c1-18-4-3-5-19(2)9-10-6-11(13(15,16)17)8-12(14)7-10/h6-8,18H,3-5,9H2,1-2H3. The van der Waals surface area contributed by atoms with Gasteiger partial charge in [-0.25, -0.2) is 4.39 Å². The fourth-order valence-corrected chi connectivity index (χ4v) is 1.82. The summed E-state index contributed by atoms with van der Waals surface area (Å²) in [4.78, 5) is 1.87. The molecule has 0 bridgehead atoms. The van der Waals surface area contributed by atoms with Gasteiger partial charge in [-0.05, 0) is 57.4 Å². The van der Waals surface area contributed by atoms with Gasteiger partial charge < -0.3 is 10.2 Å². The molecule has 0 aliphatic rings. The lowest BCUT2D eigenvalue weighted by molar-refractivity contribution is -0.137. The van der Waals surface area contributed by atoms with E-state index in [9.17, 15) is 17.6 Å². The number of alkyl halides is 3. The van der Waals surface area contributed by atoms with E-state index in [1.165, 1.54) is 0 Å². The topological polar surface area (TPSA) is 15.3 Å². The number of hydrogen-bond donors (Lipinski definition) is 1. The minimum atomic E-state index is -4.51. The van der Waals surface area contributed by atoms with E-state index in [0.29, 0.717) is 18.2 Å². The Labute approximate surface area is 110 Å². The van der Waals surface area contributed by atoms with E-state index < -0.39 is 17.6 Å². The van der Waals surface area contributed by atoms with Crippen molar-refractivity contribution in [3.63, 3.8) is 0 Å². The van der Waals surface area contributed by atoms with Crippen LogP contribution in [0.5, 0.6) is 0 Å². The Morgan fingerprint density at radius 2 is 1.89 bits per heavy atom. The minimum Gasteiger partial charge on any atom is -0.320 e. The summed E-state index contributed by atoms with van der Waals surface area (Å²) in [6.07, 6.45) is -3.63. The fraction of sp³-hybridized carbons (Fsp3) is 0.538. The zero-order valence-electron chi connectivity index (χ0n) is 11.0. The van der Waals surface area contributed by atoms with Gasteiger partial charge in [0.15, 0.2) is 0 Å². The van der Waals surface area contributed by atoms with Crippen LogP contribution in [0.25, 0.3) is 0 Å². The van der Waals surface area contributed by atoms with E-state index in [0.717, 1.165) is 31.6 Å². The minimum absolute atomic E-state index is 0.296. The Hall–Kier alpha value is -1.14. The molecule has 1 rings (SSSR count). The summed E-state index contributed by atoms with van der Waals surface area (Å²) in [6, 6.07) is 2.66. The van der Waals surface area contributed by atoms with Gasteiger partial charge in [-0.1, -0.05) is 0 Å². The molecule has 0 aliphatic carbocycles. The molecular weight excluding hydrogens is 260 g/mol. The van der Waals surface area contributed by atoms with Crippen LogP contribution in [0, 0.1) is 5.82 Å². The zero-order valence-corrected chi connectivity index (χ0v) is 11.0. The summed E-state index contributed by atoms with van der Waals surface area (Å²) in [7, 11) is 3.63. The van der Waals surface area contributed by atoms with Gasteiger partial charge in [-0.2, -0.15) is 13.2 Å². The first-order valence-electron chi connectivity index (χ1n) is 6.02. The summed E-state index contributed by atoms with van der Waals surface area (Å²) in [5.41, 5.74) is -0.606. The number of rotatable bonds is 6. The van der Waals surface area contributed by atoms with Gasteiger partial charge in [0.25, 0.3) is 0 Å². The summed E-state index contributed by atoms with van der Waals surface area (Å²) < 4.78 is 50.8. The third-order valence-electron chi connectivity index (χ3n) is 2.70. The summed E-state index contributed by atoms with van der Waals surface area (Å²) in [5, 5.41) is 2.99. The van der Waals surface area contributed by atoms with Gasteiger partial charge in [0.05, 0.1) is 5.56 Å². The zero-order chi connectivity index (χ0) is 14.5. The van der Waals surface area contributed by atoms with Crippen LogP contribution in [-0.4, -0.2) is 32.1 Å². The molecule has 1 N–H and O–H groups in total. The van der Waals surface area contributed by atoms with Crippen molar-refractivity contribution in [2.45, 2.75) is 19.1 Å². The summed E-state index contributed by atoms with van der Waals surface area (Å²) >= 11 is 0. The first-order valence-corrected chi connectivity index (χ1v) is 6.02. The quantitative estimate of drug-likeness (QED) is 0.636. The van der Waals surface area contributed by atoms with Crippen LogP contribution in [0.15, 0.2) is 18.2 Å². The third-order valence-corrected chi connectivity index (χ3v) is 2.70. The van der Waals surface area contributed by atoms with Crippen molar-refractivity contribution in [1.82, 2.24) is 10.2 Å². The Kier molecular flexibility index (Phi) is 5.75. The molecule has 0 atom stereocenters. The summed E-state index contributed by atoms with van der Waals surface area (Å²) in [5.74, 6) is -0.853. The molecule has 0 fully saturated rings. The number of nitrogens with zero attached hydrogens (tertiary/aromatic N) is 1. The third kappa shape index (κ3) is 5.57. The number of benzene rings is 1. The summed E-state index contributed by atoms with van der Waals surface area (Å²) in [6.45, 7) is 1.87. The maximum atomic E-state index is 13.2. The Balaban J connectivity index is 2.70. The molecule has 2 nitrogen and oxygen atoms in total. The van der Waals surface area contributed by atoms with Crippen LogP contribution in [0.1, 0.15) is 17.5 Å². The van der Waals surface area contributed by atoms with E-state index in [2.05, 4.69) is 5.32 Å². The fourth-order valence-electron chi connectivity index (χ4n) is 1.82. The molecule has 108 valence electrons. The van der Waals surface area contributed by atoms with E-state index in [1.54, 1.807) is 7.05 Å². The highest BCUT2D eigenvalue weighted by Gasteiger charge is 2.31. The molecule has 0 saturated carbocycles. The van der Waals surface area contributed by atoms with Crippen LogP contribution < -0.4 is 5.32 Å². The number of nitrogens with one attached hydrogen (secondary N) is 1. The average molecular weight is 278 g/mol. The second-order valence-electron chi connectivity index (χ2n) is 4.54. The highest BCUT2D eigenvalue weighted by atomic mass is 19.4. The molecular formula is C13H18F4N2. The van der Waals surface area contributed by atoms with Gasteiger partial charge in [0, 0.05) is 6.54 Å². The van der Waals surface area contributed by atoms with Crippen LogP contribution >= 0.6 is 0 Å². The van der Waals surface area contributed by atoms with E-state index >= 15 is 0 Å². The second kappa shape index (κ2) is 6.86. The first kappa shape index (κ1) is 15.9. The Morgan fingerprint density at radius 1 is 1.21 bits per heavy atom. The van der Waals surface area contributed by atoms with Crippen molar-refractivity contribution in [3.05, 3.63) is 35.1 Å². The number of halogens is 4. The maximum Gasteiger partial charge on any atom is 0.416 e. The molecule has 0 aliphatic heterocycles. The molecule has 0 aromatic heterocycles. The van der Waals surface area contributed by atoms with Crippen molar-refractivity contribution in [2.75, 3.05) is 27.2 Å². The highest BCUT2D eigenvalue weighted by molar-refractivity contribution is 5.26. The molecule has 6 heteroatoms. The van der Waals surface area contributed by atoms with Crippen molar-refractivity contribution in [2.24, 2.45) is 0 Å². The molecule has 0 saturated heterocycles. The van der Waals surface area contributed by atoms with Crippen molar-refractivity contribution in [1.29, 1.82) is 0 Å². The first-order chi connectivity index (χ1) is 8.82. The predicted octanol–water partition coefficient (Wildman–Crippen LogP) is 2.89. The monoisotopic (exact) mass is 278 g/mol.